The highest BCUT2D eigenvalue weighted by atomic mass is 15.8. The van der Waals surface area contributed by atoms with E-state index in [0.29, 0.717) is 5.92 Å². The monoisotopic (exact) mass is 168 g/mol. The highest BCUT2D eigenvalue weighted by Crippen LogP contribution is 2.08. The number of hydrazine groups is 2. The Kier molecular flexibility index (Phi) is 3.10. The minimum Gasteiger partial charge on any atom is -0.278 e. The first-order chi connectivity index (χ1) is 5.74. The molecular formula is C8H16N4. The molecule has 1 aliphatic heterocycles. The number of amidine groups is 1. The predicted molar refractivity (Wildman–Crippen MR) is 50.1 cm³/mol. The summed E-state index contributed by atoms with van der Waals surface area (Å²) < 4.78 is 0. The van der Waals surface area contributed by atoms with Crippen LogP contribution in [0.25, 0.3) is 0 Å². The van der Waals surface area contributed by atoms with E-state index in [0.717, 1.165) is 18.7 Å². The third-order valence-corrected chi connectivity index (χ3v) is 2.02. The molecule has 0 saturated carbocycles. The summed E-state index contributed by atoms with van der Waals surface area (Å²) in [5, 5.41) is 5.95. The van der Waals surface area contributed by atoms with Gasteiger partial charge in [0.25, 0.3) is 0 Å². The van der Waals surface area contributed by atoms with Gasteiger partial charge in [-0.05, 0) is 12.3 Å². The van der Waals surface area contributed by atoms with E-state index >= 15 is 0 Å². The van der Waals surface area contributed by atoms with E-state index in [1.54, 1.807) is 0 Å². The van der Waals surface area contributed by atoms with Crippen molar-refractivity contribution in [2.24, 2.45) is 11.0 Å². The van der Waals surface area contributed by atoms with Crippen molar-refractivity contribution in [3.05, 3.63) is 12.7 Å². The van der Waals surface area contributed by atoms with E-state index in [4.69, 9.17) is 0 Å². The van der Waals surface area contributed by atoms with Crippen molar-refractivity contribution in [2.45, 2.75) is 19.8 Å². The van der Waals surface area contributed by atoms with Crippen LogP contribution in [0.15, 0.2) is 17.8 Å². The van der Waals surface area contributed by atoms with E-state index in [2.05, 4.69) is 29.7 Å². The fourth-order valence-corrected chi connectivity index (χ4v) is 1.00. The molecule has 1 rings (SSSR count). The van der Waals surface area contributed by atoms with E-state index < -0.39 is 0 Å². The summed E-state index contributed by atoms with van der Waals surface area (Å²) >= 11 is 0. The molecule has 0 aromatic carbocycles. The number of hydrogen-bond acceptors (Lipinski definition) is 4. The summed E-state index contributed by atoms with van der Waals surface area (Å²) in [7, 11) is 1.94. The number of nitrogens with zero attached hydrogens (tertiary/aromatic N) is 2. The summed E-state index contributed by atoms with van der Waals surface area (Å²) in [6.07, 6.45) is 4.04. The Bertz CT molecular complexity index is 187. The third kappa shape index (κ3) is 2.23. The molecule has 0 aromatic rings. The Morgan fingerprint density at radius 1 is 1.75 bits per heavy atom. The van der Waals surface area contributed by atoms with E-state index in [1.807, 2.05) is 18.1 Å². The van der Waals surface area contributed by atoms with Crippen LogP contribution < -0.4 is 11.1 Å². The first kappa shape index (κ1) is 9.06. The summed E-state index contributed by atoms with van der Waals surface area (Å²) in [5.74, 6) is 1.60. The second-order valence-electron chi connectivity index (χ2n) is 3.06. The maximum atomic E-state index is 4.07. The Morgan fingerprint density at radius 2 is 2.50 bits per heavy atom. The molecule has 4 heteroatoms. The summed E-state index contributed by atoms with van der Waals surface area (Å²) in [6.45, 7) is 5.90. The Labute approximate surface area is 73.3 Å². The minimum absolute atomic E-state index is 0.557. The molecule has 1 atom stereocenters. The number of hydrogen-bond donors (Lipinski definition) is 2. The van der Waals surface area contributed by atoms with Crippen LogP contribution in [-0.4, -0.2) is 17.9 Å². The van der Waals surface area contributed by atoms with Gasteiger partial charge in [0.1, 0.15) is 5.84 Å². The fourth-order valence-electron chi connectivity index (χ4n) is 1.00. The van der Waals surface area contributed by atoms with Crippen molar-refractivity contribution in [2.75, 3.05) is 7.05 Å². The van der Waals surface area contributed by atoms with Gasteiger partial charge in [0, 0.05) is 13.5 Å². The molecule has 1 unspecified atom stereocenters. The van der Waals surface area contributed by atoms with Crippen LogP contribution in [0.5, 0.6) is 0 Å². The highest BCUT2D eigenvalue weighted by molar-refractivity contribution is 5.82. The molecule has 0 bridgehead atoms. The van der Waals surface area contributed by atoms with Gasteiger partial charge >= 0.3 is 0 Å². The molecule has 1 aliphatic rings. The molecule has 0 aromatic heterocycles. The molecule has 68 valence electrons. The minimum atomic E-state index is 0.557. The van der Waals surface area contributed by atoms with Gasteiger partial charge in [-0.25, -0.2) is 5.53 Å². The van der Waals surface area contributed by atoms with E-state index in [-0.39, 0.29) is 0 Å². The SMILES string of the molecule is C=CC(C)CCC1=NNNN1C. The fraction of sp³-hybridized carbons (Fsp3) is 0.625. The number of allylic oxidation sites excluding steroid dienone is 1. The van der Waals surface area contributed by atoms with Crippen LogP contribution in [0, 0.1) is 5.92 Å². The van der Waals surface area contributed by atoms with Gasteiger partial charge in [0.2, 0.25) is 0 Å². The van der Waals surface area contributed by atoms with Crippen molar-refractivity contribution in [1.29, 1.82) is 0 Å². The smallest absolute Gasteiger partial charge is 0.141 e. The van der Waals surface area contributed by atoms with Crippen molar-refractivity contribution < 1.29 is 0 Å². The van der Waals surface area contributed by atoms with Gasteiger partial charge in [-0.3, -0.25) is 5.01 Å². The highest BCUT2D eigenvalue weighted by Gasteiger charge is 2.11. The van der Waals surface area contributed by atoms with E-state index in [1.165, 1.54) is 0 Å². The zero-order valence-electron chi connectivity index (χ0n) is 7.67. The molecule has 0 fully saturated rings. The average Bonchev–Trinajstić information content (AvgIpc) is 2.47. The third-order valence-electron chi connectivity index (χ3n) is 2.02. The lowest BCUT2D eigenvalue weighted by Crippen LogP contribution is -2.37. The molecule has 0 amide bonds. The molecule has 0 aliphatic carbocycles. The van der Waals surface area contributed by atoms with Gasteiger partial charge in [-0.15, -0.1) is 17.2 Å². The quantitative estimate of drug-likeness (QED) is 0.611. The molecule has 12 heavy (non-hydrogen) atoms. The Balaban J connectivity index is 2.27. The van der Waals surface area contributed by atoms with Gasteiger partial charge in [0.05, 0.1) is 0 Å². The van der Waals surface area contributed by atoms with Crippen LogP contribution in [0.3, 0.4) is 0 Å². The van der Waals surface area contributed by atoms with Crippen molar-refractivity contribution in [3.63, 3.8) is 0 Å². The normalized spacial score (nSPS) is 18.5. The number of rotatable bonds is 4. The summed E-state index contributed by atoms with van der Waals surface area (Å²) in [4.78, 5) is 0. The molecule has 1 heterocycles. The average molecular weight is 168 g/mol. The second-order valence-corrected chi connectivity index (χ2v) is 3.06. The zero-order chi connectivity index (χ0) is 8.97. The molecule has 0 spiro atoms. The maximum absolute atomic E-state index is 4.07. The maximum Gasteiger partial charge on any atom is 0.141 e. The van der Waals surface area contributed by atoms with Crippen LogP contribution in [0.1, 0.15) is 19.8 Å². The van der Waals surface area contributed by atoms with Gasteiger partial charge in [-0.1, -0.05) is 13.0 Å². The Hall–Kier alpha value is -1.03. The Morgan fingerprint density at radius 3 is 3.00 bits per heavy atom. The van der Waals surface area contributed by atoms with Gasteiger partial charge in [0.15, 0.2) is 0 Å². The first-order valence-electron chi connectivity index (χ1n) is 4.17. The van der Waals surface area contributed by atoms with E-state index in [9.17, 15) is 0 Å². The topological polar surface area (TPSA) is 39.7 Å². The molecule has 4 nitrogen and oxygen atoms in total. The van der Waals surface area contributed by atoms with Gasteiger partial charge in [-0.2, -0.15) is 0 Å². The number of hydrazone groups is 1. The molecule has 0 saturated heterocycles. The lowest BCUT2D eigenvalue weighted by molar-refractivity contribution is 0.343. The standard InChI is InChI=1S/C8H16N4/c1-4-7(2)5-6-8-9-10-11-12(8)3/h4,7,10-11H,1,5-6H2,2-3H3. The van der Waals surface area contributed by atoms with Crippen LogP contribution in [0.4, 0.5) is 0 Å². The zero-order valence-corrected chi connectivity index (χ0v) is 7.67. The predicted octanol–water partition coefficient (Wildman–Crippen LogP) is 0.857. The molecule has 2 N–H and O–H groups in total. The lowest BCUT2D eigenvalue weighted by Gasteiger charge is -2.12. The van der Waals surface area contributed by atoms with Crippen molar-refractivity contribution >= 4 is 5.84 Å². The van der Waals surface area contributed by atoms with Crippen LogP contribution in [-0.2, 0) is 0 Å². The molecular weight excluding hydrogens is 152 g/mol. The van der Waals surface area contributed by atoms with Gasteiger partial charge < -0.3 is 0 Å². The lowest BCUT2D eigenvalue weighted by atomic mass is 10.1. The largest absolute Gasteiger partial charge is 0.278 e. The van der Waals surface area contributed by atoms with Crippen molar-refractivity contribution in [3.8, 4) is 0 Å². The summed E-state index contributed by atoms with van der Waals surface area (Å²) in [6, 6.07) is 0. The molecule has 0 radical (unpaired) electrons. The summed E-state index contributed by atoms with van der Waals surface area (Å²) in [5.41, 5.74) is 5.57. The van der Waals surface area contributed by atoms with Crippen LogP contribution in [0.2, 0.25) is 0 Å². The van der Waals surface area contributed by atoms with Crippen molar-refractivity contribution in [1.82, 2.24) is 16.1 Å². The van der Waals surface area contributed by atoms with Crippen LogP contribution >= 0.6 is 0 Å². The second kappa shape index (κ2) is 4.11. The first-order valence-corrected chi connectivity index (χ1v) is 4.17. The number of nitrogens with one attached hydrogen (secondary N) is 2.